The number of hydrogen-bond acceptors (Lipinski definition) is 2. The van der Waals surface area contributed by atoms with E-state index in [1.165, 1.54) is 18.7 Å². The topological polar surface area (TPSA) is 6.48 Å². The van der Waals surface area contributed by atoms with Gasteiger partial charge in [-0.3, -0.25) is 0 Å². The van der Waals surface area contributed by atoms with Gasteiger partial charge in [0.2, 0.25) is 0 Å². The zero-order chi connectivity index (χ0) is 9.97. The van der Waals surface area contributed by atoms with Crippen LogP contribution in [0, 0.1) is 0 Å². The number of benzene rings is 1. The Bertz CT molecular complexity index is 282. The van der Waals surface area contributed by atoms with Crippen LogP contribution < -0.4 is 4.90 Å². The summed E-state index contributed by atoms with van der Waals surface area (Å²) >= 11 is 0. The van der Waals surface area contributed by atoms with Crippen molar-refractivity contribution in [3.05, 3.63) is 30.3 Å². The van der Waals surface area contributed by atoms with Crippen LogP contribution in [0.2, 0.25) is 0 Å². The van der Waals surface area contributed by atoms with Gasteiger partial charge in [0.05, 0.1) is 0 Å². The first kappa shape index (κ1) is 9.53. The zero-order valence-electron chi connectivity index (χ0n) is 8.98. The summed E-state index contributed by atoms with van der Waals surface area (Å²) in [5.74, 6) is 0. The van der Waals surface area contributed by atoms with Crippen LogP contribution in [-0.2, 0) is 0 Å². The van der Waals surface area contributed by atoms with Gasteiger partial charge in [-0.2, -0.15) is 0 Å². The fourth-order valence-corrected chi connectivity index (χ4v) is 2.04. The summed E-state index contributed by atoms with van der Waals surface area (Å²) in [4.78, 5) is 4.79. The summed E-state index contributed by atoms with van der Waals surface area (Å²) in [5, 5.41) is 0. The van der Waals surface area contributed by atoms with Crippen LogP contribution in [0.1, 0.15) is 6.42 Å². The van der Waals surface area contributed by atoms with Crippen molar-refractivity contribution in [2.45, 2.75) is 12.5 Å². The van der Waals surface area contributed by atoms with Crippen molar-refractivity contribution in [1.82, 2.24) is 4.90 Å². The van der Waals surface area contributed by atoms with E-state index in [9.17, 15) is 0 Å². The second kappa shape index (κ2) is 4.01. The van der Waals surface area contributed by atoms with E-state index in [2.05, 4.69) is 54.2 Å². The van der Waals surface area contributed by atoms with E-state index in [0.717, 1.165) is 12.6 Å². The van der Waals surface area contributed by atoms with E-state index >= 15 is 0 Å². The fourth-order valence-electron chi connectivity index (χ4n) is 2.04. The average Bonchev–Trinajstić information content (AvgIpc) is 2.68. The molecule has 0 radical (unpaired) electrons. The van der Waals surface area contributed by atoms with Gasteiger partial charge < -0.3 is 9.80 Å². The predicted octanol–water partition coefficient (Wildman–Crippen LogP) is 1.83. The fraction of sp³-hybridized carbons (Fsp3) is 0.500. The molecule has 1 aliphatic heterocycles. The summed E-state index contributed by atoms with van der Waals surface area (Å²) in [6.07, 6.45) is 1.28. The lowest BCUT2D eigenvalue weighted by Crippen LogP contribution is -2.31. The van der Waals surface area contributed by atoms with Gasteiger partial charge in [-0.15, -0.1) is 0 Å². The molecule has 0 saturated carbocycles. The molecule has 0 aliphatic carbocycles. The molecule has 1 aliphatic rings. The average molecular weight is 190 g/mol. The first-order valence-electron chi connectivity index (χ1n) is 5.24. The van der Waals surface area contributed by atoms with Gasteiger partial charge in [0.25, 0.3) is 0 Å². The molecule has 0 aromatic heterocycles. The summed E-state index contributed by atoms with van der Waals surface area (Å²) in [6.45, 7) is 2.35. The Morgan fingerprint density at radius 3 is 2.50 bits per heavy atom. The molecule has 2 nitrogen and oxygen atoms in total. The Morgan fingerprint density at radius 1 is 1.21 bits per heavy atom. The van der Waals surface area contributed by atoms with Gasteiger partial charge in [0, 0.05) is 24.8 Å². The van der Waals surface area contributed by atoms with Crippen LogP contribution in [0.15, 0.2) is 30.3 Å². The molecule has 0 N–H and O–H groups in total. The van der Waals surface area contributed by atoms with E-state index in [4.69, 9.17) is 0 Å². The number of nitrogens with zero attached hydrogens (tertiary/aromatic N) is 2. The van der Waals surface area contributed by atoms with E-state index in [1.807, 2.05) is 0 Å². The molecule has 0 unspecified atom stereocenters. The number of rotatable bonds is 2. The van der Waals surface area contributed by atoms with Crippen molar-refractivity contribution in [1.29, 1.82) is 0 Å². The van der Waals surface area contributed by atoms with Gasteiger partial charge in [0.1, 0.15) is 0 Å². The normalized spacial score (nSPS) is 21.9. The predicted molar refractivity (Wildman–Crippen MR) is 60.7 cm³/mol. The smallest absolute Gasteiger partial charge is 0.0366 e. The number of hydrogen-bond donors (Lipinski definition) is 0. The summed E-state index contributed by atoms with van der Waals surface area (Å²) in [5.41, 5.74) is 1.36. The van der Waals surface area contributed by atoms with E-state index in [0.29, 0.717) is 0 Å². The maximum atomic E-state index is 2.46. The Morgan fingerprint density at radius 2 is 1.93 bits per heavy atom. The number of likely N-dealkylation sites (N-methyl/N-ethyl adjacent to an activating group) is 1. The van der Waals surface area contributed by atoms with Crippen molar-refractivity contribution >= 4 is 5.69 Å². The molecule has 2 rings (SSSR count). The minimum absolute atomic E-state index is 0.718. The zero-order valence-corrected chi connectivity index (χ0v) is 8.98. The Labute approximate surface area is 86.1 Å². The third-order valence-corrected chi connectivity index (χ3v) is 3.02. The monoisotopic (exact) mass is 190 g/mol. The van der Waals surface area contributed by atoms with Gasteiger partial charge in [-0.05, 0) is 32.6 Å². The second-order valence-corrected chi connectivity index (χ2v) is 4.19. The quantitative estimate of drug-likeness (QED) is 0.702. The van der Waals surface area contributed by atoms with Crippen molar-refractivity contribution in [3.8, 4) is 0 Å². The molecule has 0 bridgehead atoms. The highest BCUT2D eigenvalue weighted by molar-refractivity contribution is 5.47. The molecule has 14 heavy (non-hydrogen) atoms. The van der Waals surface area contributed by atoms with Crippen LogP contribution in [0.3, 0.4) is 0 Å². The van der Waals surface area contributed by atoms with Crippen molar-refractivity contribution in [3.63, 3.8) is 0 Å². The van der Waals surface area contributed by atoms with Crippen LogP contribution in [0.4, 0.5) is 5.69 Å². The highest BCUT2D eigenvalue weighted by Crippen LogP contribution is 2.21. The summed E-state index contributed by atoms with van der Waals surface area (Å²) in [7, 11) is 4.33. The molecule has 1 saturated heterocycles. The second-order valence-electron chi connectivity index (χ2n) is 4.19. The van der Waals surface area contributed by atoms with Gasteiger partial charge in [-0.25, -0.2) is 0 Å². The third kappa shape index (κ3) is 1.90. The van der Waals surface area contributed by atoms with Crippen LogP contribution in [-0.4, -0.2) is 38.1 Å². The lowest BCUT2D eigenvalue weighted by atomic mass is 10.2. The first-order valence-corrected chi connectivity index (χ1v) is 5.24. The van der Waals surface area contributed by atoms with Crippen LogP contribution in [0.25, 0.3) is 0 Å². The molecule has 1 aromatic carbocycles. The number of anilines is 1. The Balaban J connectivity index is 2.03. The van der Waals surface area contributed by atoms with Crippen molar-refractivity contribution in [2.24, 2.45) is 0 Å². The maximum absolute atomic E-state index is 2.46. The van der Waals surface area contributed by atoms with E-state index in [-0.39, 0.29) is 0 Å². The van der Waals surface area contributed by atoms with Gasteiger partial charge >= 0.3 is 0 Å². The van der Waals surface area contributed by atoms with Gasteiger partial charge in [-0.1, -0.05) is 18.2 Å². The third-order valence-electron chi connectivity index (χ3n) is 3.02. The van der Waals surface area contributed by atoms with E-state index in [1.54, 1.807) is 0 Å². The minimum Gasteiger partial charge on any atom is -0.370 e. The Hall–Kier alpha value is -1.02. The van der Waals surface area contributed by atoms with Crippen LogP contribution in [0.5, 0.6) is 0 Å². The molecule has 1 aromatic rings. The molecule has 76 valence electrons. The maximum Gasteiger partial charge on any atom is 0.0366 e. The van der Waals surface area contributed by atoms with Gasteiger partial charge in [0.15, 0.2) is 0 Å². The van der Waals surface area contributed by atoms with Crippen LogP contribution >= 0.6 is 0 Å². The Kier molecular flexibility index (Phi) is 2.73. The lowest BCUT2D eigenvalue weighted by Gasteiger charge is -2.21. The highest BCUT2D eigenvalue weighted by atomic mass is 15.2. The van der Waals surface area contributed by atoms with Crippen molar-refractivity contribution in [2.75, 3.05) is 32.1 Å². The molecular formula is C12H18N2. The lowest BCUT2D eigenvalue weighted by molar-refractivity contribution is 0.315. The SMILES string of the molecule is CN(C)[C@@H]1CCN(c2ccccc2)C1. The molecular weight excluding hydrogens is 172 g/mol. The first-order chi connectivity index (χ1) is 6.77. The van der Waals surface area contributed by atoms with Crippen molar-refractivity contribution < 1.29 is 0 Å². The minimum atomic E-state index is 0.718. The standard InChI is InChI=1S/C12H18N2/c1-13(2)12-8-9-14(10-12)11-6-4-3-5-7-11/h3-7,12H,8-10H2,1-2H3/t12-/m1/s1. The number of para-hydroxylation sites is 1. The highest BCUT2D eigenvalue weighted by Gasteiger charge is 2.23. The summed E-state index contributed by atoms with van der Waals surface area (Å²) < 4.78 is 0. The molecule has 0 amide bonds. The molecule has 1 fully saturated rings. The molecule has 2 heteroatoms. The molecule has 0 spiro atoms. The summed E-state index contributed by atoms with van der Waals surface area (Å²) in [6, 6.07) is 11.4. The largest absolute Gasteiger partial charge is 0.370 e. The molecule has 1 atom stereocenters. The van der Waals surface area contributed by atoms with E-state index < -0.39 is 0 Å². The molecule has 1 heterocycles.